The van der Waals surface area contributed by atoms with E-state index in [1.807, 2.05) is 0 Å². The Morgan fingerprint density at radius 1 is 0.389 bits per heavy atom. The predicted molar refractivity (Wildman–Crippen MR) is 115 cm³/mol. The minimum Gasteiger partial charge on any atom is -0.463 e. The van der Waals surface area contributed by atoms with E-state index in [-0.39, 0.29) is 77.3 Å². The lowest BCUT2D eigenvalue weighted by atomic mass is 9.79. The van der Waals surface area contributed by atoms with Gasteiger partial charge in [0.05, 0.1) is 74.5 Å². The molecular weight excluding hydrogens is 480 g/mol. The van der Waals surface area contributed by atoms with Crippen molar-refractivity contribution in [3.05, 3.63) is 0 Å². The molecule has 5 fully saturated rings. The number of epoxide rings is 2. The molecule has 0 bridgehead atoms. The number of hydrogen-bond acceptors (Lipinski definition) is 12. The minimum atomic E-state index is -0.640. The summed E-state index contributed by atoms with van der Waals surface area (Å²) in [7, 11) is 0. The Balaban J connectivity index is 1.16. The van der Waals surface area contributed by atoms with E-state index in [2.05, 4.69) is 0 Å². The summed E-state index contributed by atoms with van der Waals surface area (Å²) in [6.45, 7) is 0.467. The van der Waals surface area contributed by atoms with Gasteiger partial charge >= 0.3 is 23.9 Å². The molecule has 5 rings (SSSR count). The summed E-state index contributed by atoms with van der Waals surface area (Å²) >= 11 is 0. The number of fused-ring (bicyclic) bond motifs is 4. The zero-order chi connectivity index (χ0) is 25.1. The fourth-order valence-electron chi connectivity index (χ4n) is 5.32. The summed E-state index contributed by atoms with van der Waals surface area (Å²) in [5.41, 5.74) is 0. The first-order valence-electron chi connectivity index (χ1n) is 12.6. The van der Waals surface area contributed by atoms with E-state index >= 15 is 0 Å². The first kappa shape index (κ1) is 25.4. The van der Waals surface area contributed by atoms with E-state index in [0.717, 1.165) is 0 Å². The van der Waals surface area contributed by atoms with Crippen LogP contribution in [0.25, 0.3) is 0 Å². The van der Waals surface area contributed by atoms with Crippen molar-refractivity contribution in [2.45, 2.75) is 50.1 Å². The van der Waals surface area contributed by atoms with Gasteiger partial charge in [0.2, 0.25) is 0 Å². The molecule has 200 valence electrons. The molecule has 12 nitrogen and oxygen atoms in total. The third kappa shape index (κ3) is 6.16. The van der Waals surface area contributed by atoms with Crippen LogP contribution in [-0.4, -0.2) is 101 Å². The topological polar surface area (TPSA) is 149 Å². The highest BCUT2D eigenvalue weighted by molar-refractivity contribution is 5.83. The maximum Gasteiger partial charge on any atom is 0.309 e. The summed E-state index contributed by atoms with van der Waals surface area (Å²) in [5.74, 6) is -4.49. The fourth-order valence-corrected chi connectivity index (χ4v) is 5.32. The van der Waals surface area contributed by atoms with E-state index in [1.54, 1.807) is 0 Å². The summed E-state index contributed by atoms with van der Waals surface area (Å²) in [4.78, 5) is 50.6. The Labute approximate surface area is 208 Å². The van der Waals surface area contributed by atoms with Crippen LogP contribution in [0.1, 0.15) is 25.7 Å². The molecule has 0 aromatic heterocycles. The van der Waals surface area contributed by atoms with Gasteiger partial charge in [0.1, 0.15) is 26.4 Å². The SMILES string of the molecule is O=C1OCCOCCOC(=O)C2CC3OC3CC2C(=O)OCCOCCOC(=O)C2CC3OC3CC12. The second-order valence-corrected chi connectivity index (χ2v) is 9.69. The number of ether oxygens (including phenoxy) is 8. The molecule has 0 radical (unpaired) electrons. The van der Waals surface area contributed by atoms with Crippen LogP contribution in [0.5, 0.6) is 0 Å². The van der Waals surface area contributed by atoms with Crippen molar-refractivity contribution >= 4 is 23.9 Å². The van der Waals surface area contributed by atoms with Crippen LogP contribution in [-0.2, 0) is 57.1 Å². The number of carbonyl (C=O) groups excluding carboxylic acids is 4. The van der Waals surface area contributed by atoms with Gasteiger partial charge in [0.15, 0.2) is 0 Å². The molecule has 0 spiro atoms. The molecule has 8 atom stereocenters. The number of hydrogen-bond donors (Lipinski definition) is 0. The van der Waals surface area contributed by atoms with Gasteiger partial charge in [-0.1, -0.05) is 0 Å². The van der Waals surface area contributed by atoms with Gasteiger partial charge in [0, 0.05) is 0 Å². The molecule has 0 amide bonds. The normalized spacial score (nSPS) is 40.7. The van der Waals surface area contributed by atoms with Crippen LogP contribution in [0.4, 0.5) is 0 Å². The molecule has 3 heterocycles. The second kappa shape index (κ2) is 11.4. The molecule has 0 N–H and O–H groups in total. The molecule has 12 heteroatoms. The third-order valence-electron chi connectivity index (χ3n) is 7.39. The number of rotatable bonds is 0. The van der Waals surface area contributed by atoms with Gasteiger partial charge in [-0.3, -0.25) is 19.2 Å². The highest BCUT2D eigenvalue weighted by Crippen LogP contribution is 2.44. The fraction of sp³-hybridized carbons (Fsp3) is 0.833. The van der Waals surface area contributed by atoms with Crippen LogP contribution < -0.4 is 0 Å². The second-order valence-electron chi connectivity index (χ2n) is 9.69. The van der Waals surface area contributed by atoms with E-state index < -0.39 is 47.5 Å². The summed E-state index contributed by atoms with van der Waals surface area (Å²) < 4.78 is 43.2. The van der Waals surface area contributed by atoms with Crippen LogP contribution in [0.3, 0.4) is 0 Å². The Bertz CT molecular complexity index is 713. The highest BCUT2D eigenvalue weighted by Gasteiger charge is 2.54. The van der Waals surface area contributed by atoms with Crippen molar-refractivity contribution in [2.24, 2.45) is 23.7 Å². The molecule has 3 saturated heterocycles. The van der Waals surface area contributed by atoms with Crippen molar-refractivity contribution in [3.8, 4) is 0 Å². The van der Waals surface area contributed by atoms with Gasteiger partial charge in [-0.15, -0.1) is 0 Å². The summed E-state index contributed by atoms with van der Waals surface area (Å²) in [6.07, 6.45) is 1.55. The van der Waals surface area contributed by atoms with Crippen molar-refractivity contribution < 1.29 is 57.1 Å². The van der Waals surface area contributed by atoms with Gasteiger partial charge in [-0.05, 0) is 25.7 Å². The lowest BCUT2D eigenvalue weighted by Crippen LogP contribution is -2.38. The van der Waals surface area contributed by atoms with Crippen molar-refractivity contribution in [3.63, 3.8) is 0 Å². The Kier molecular flexibility index (Phi) is 8.04. The van der Waals surface area contributed by atoms with Crippen LogP contribution >= 0.6 is 0 Å². The smallest absolute Gasteiger partial charge is 0.309 e. The maximum absolute atomic E-state index is 12.7. The summed E-state index contributed by atoms with van der Waals surface area (Å²) in [6, 6.07) is 0. The largest absolute Gasteiger partial charge is 0.463 e. The minimum absolute atomic E-state index is 0.00475. The summed E-state index contributed by atoms with van der Waals surface area (Å²) in [5, 5.41) is 0. The van der Waals surface area contributed by atoms with E-state index in [4.69, 9.17) is 37.9 Å². The first-order valence-corrected chi connectivity index (χ1v) is 12.6. The van der Waals surface area contributed by atoms with Gasteiger partial charge < -0.3 is 37.9 Å². The van der Waals surface area contributed by atoms with E-state index in [0.29, 0.717) is 25.7 Å². The lowest BCUT2D eigenvalue weighted by molar-refractivity contribution is -0.166. The molecule has 0 aromatic carbocycles. The molecule has 2 saturated carbocycles. The van der Waals surface area contributed by atoms with Crippen LogP contribution in [0, 0.1) is 23.7 Å². The zero-order valence-corrected chi connectivity index (χ0v) is 20.0. The lowest BCUT2D eigenvalue weighted by Gasteiger charge is -2.26. The number of cyclic esters (lactones) is 4. The Hall–Kier alpha value is -2.28. The Morgan fingerprint density at radius 2 is 0.639 bits per heavy atom. The van der Waals surface area contributed by atoms with Crippen molar-refractivity contribution in [2.75, 3.05) is 52.9 Å². The number of esters is 4. The van der Waals surface area contributed by atoms with Gasteiger partial charge in [-0.2, -0.15) is 0 Å². The molecule has 36 heavy (non-hydrogen) atoms. The average molecular weight is 513 g/mol. The highest BCUT2D eigenvalue weighted by atomic mass is 16.6. The molecule has 2 aliphatic carbocycles. The molecule has 8 unspecified atom stereocenters. The zero-order valence-electron chi connectivity index (χ0n) is 20.0. The van der Waals surface area contributed by atoms with Gasteiger partial charge in [0.25, 0.3) is 0 Å². The maximum atomic E-state index is 12.7. The van der Waals surface area contributed by atoms with E-state index in [9.17, 15) is 19.2 Å². The van der Waals surface area contributed by atoms with Crippen LogP contribution in [0.15, 0.2) is 0 Å². The third-order valence-corrected chi connectivity index (χ3v) is 7.39. The monoisotopic (exact) mass is 512 g/mol. The van der Waals surface area contributed by atoms with E-state index in [1.165, 1.54) is 0 Å². The Morgan fingerprint density at radius 3 is 0.889 bits per heavy atom. The predicted octanol–water partition coefficient (Wildman–Crippen LogP) is -0.207. The number of carbonyl (C=O) groups is 4. The molecule has 0 aromatic rings. The molecular formula is C24H32O12. The molecule has 5 aliphatic rings. The molecule has 3 aliphatic heterocycles. The quantitative estimate of drug-likeness (QED) is 0.240. The van der Waals surface area contributed by atoms with Crippen molar-refractivity contribution in [1.82, 2.24) is 0 Å². The van der Waals surface area contributed by atoms with Crippen molar-refractivity contribution in [1.29, 1.82) is 0 Å². The van der Waals surface area contributed by atoms with Gasteiger partial charge in [-0.25, -0.2) is 0 Å². The van der Waals surface area contributed by atoms with Crippen LogP contribution in [0.2, 0.25) is 0 Å². The average Bonchev–Trinajstić information content (AvgIpc) is 3.79. The first-order chi connectivity index (χ1) is 17.5. The standard InChI is InChI=1S/C24H32O12/c25-21-13-9-17-18(35-17)10-14(13)23(27)33-7-3-30-4-8-34-24(28)16-12-20-19(36-20)11-15(16)22(26)32-6-2-29-1-5-31-21/h13-20H,1-12H2.